The molecular formula is C22H25N11O5. The number of nitrogens with one attached hydrogen (secondary N) is 2. The van der Waals surface area contributed by atoms with Crippen LogP contribution in [-0.2, 0) is 25.6 Å². The smallest absolute Gasteiger partial charge is 0.328 e. The van der Waals surface area contributed by atoms with Gasteiger partial charge in [-0.1, -0.05) is 0 Å². The molecule has 0 fully saturated rings. The average Bonchev–Trinajstić information content (AvgIpc) is 3.42. The standard InChI is InChI=1S/C22H25N11O5/c1-3-37-16(34)10-9-14(21(36)38-4-2)25-20(35)12-5-7-13(8-6-12)24-11-15-26-17-18(29-28-15)27-22(23)33-19(17)30-31-32-33/h5-8,14,24H,3-4,9-11H2,1-2H3,(H,25,35)(H2,23,27,29). The van der Waals surface area contributed by atoms with Crippen LogP contribution >= 0.6 is 0 Å². The Morgan fingerprint density at radius 1 is 1.03 bits per heavy atom. The van der Waals surface area contributed by atoms with Gasteiger partial charge in [0.25, 0.3) is 5.91 Å². The SMILES string of the molecule is CCOC(=O)CCC(NC(=O)c1ccc(NCc2nnc3nc(N)n4nnnc4c3n2)cc1)C(=O)OCC. The second-order valence-corrected chi connectivity index (χ2v) is 7.84. The summed E-state index contributed by atoms with van der Waals surface area (Å²) in [4.78, 5) is 45.2. The summed E-state index contributed by atoms with van der Waals surface area (Å²) in [5.41, 5.74) is 7.66. The van der Waals surface area contributed by atoms with Gasteiger partial charge in [0, 0.05) is 17.7 Å². The van der Waals surface area contributed by atoms with Gasteiger partial charge in [0.05, 0.1) is 19.8 Å². The number of amides is 1. The molecule has 4 aromatic rings. The van der Waals surface area contributed by atoms with E-state index in [0.29, 0.717) is 28.2 Å². The molecular weight excluding hydrogens is 498 g/mol. The van der Waals surface area contributed by atoms with Crippen LogP contribution in [0.3, 0.4) is 0 Å². The van der Waals surface area contributed by atoms with Crippen LogP contribution < -0.4 is 16.4 Å². The number of anilines is 2. The number of nitrogens with two attached hydrogens (primary N) is 1. The summed E-state index contributed by atoms with van der Waals surface area (Å²) in [6.07, 6.45) is 0.0247. The number of carbonyl (C=O) groups excluding carboxylic acids is 3. The van der Waals surface area contributed by atoms with Crippen molar-refractivity contribution in [1.82, 2.24) is 45.5 Å². The van der Waals surface area contributed by atoms with E-state index in [1.165, 1.54) is 4.52 Å². The highest BCUT2D eigenvalue weighted by Gasteiger charge is 2.24. The number of tetrazole rings is 1. The van der Waals surface area contributed by atoms with Gasteiger partial charge in [-0.05, 0) is 55.0 Å². The van der Waals surface area contributed by atoms with Crippen molar-refractivity contribution in [3.63, 3.8) is 0 Å². The fourth-order valence-electron chi connectivity index (χ4n) is 3.45. The van der Waals surface area contributed by atoms with Crippen LogP contribution in [0.4, 0.5) is 11.6 Å². The normalized spacial score (nSPS) is 11.7. The number of benzene rings is 1. The zero-order valence-corrected chi connectivity index (χ0v) is 20.6. The highest BCUT2D eigenvalue weighted by molar-refractivity contribution is 5.97. The van der Waals surface area contributed by atoms with Crippen LogP contribution in [0.25, 0.3) is 16.8 Å². The molecule has 0 aliphatic heterocycles. The van der Waals surface area contributed by atoms with Gasteiger partial charge in [-0.15, -0.1) is 15.3 Å². The average molecular weight is 524 g/mol. The van der Waals surface area contributed by atoms with Crippen LogP contribution in [0, 0.1) is 0 Å². The number of carbonyl (C=O) groups is 3. The molecule has 4 N–H and O–H groups in total. The van der Waals surface area contributed by atoms with Gasteiger partial charge in [-0.25, -0.2) is 9.78 Å². The van der Waals surface area contributed by atoms with Crippen LogP contribution in [0.15, 0.2) is 24.3 Å². The molecule has 38 heavy (non-hydrogen) atoms. The number of fused-ring (bicyclic) bond motifs is 3. The largest absolute Gasteiger partial charge is 0.466 e. The van der Waals surface area contributed by atoms with Crippen molar-refractivity contribution in [2.75, 3.05) is 24.3 Å². The summed E-state index contributed by atoms with van der Waals surface area (Å²) < 4.78 is 11.2. The number of esters is 2. The lowest BCUT2D eigenvalue weighted by Crippen LogP contribution is -2.42. The molecule has 4 rings (SSSR count). The molecule has 1 unspecified atom stereocenters. The van der Waals surface area contributed by atoms with Crippen LogP contribution in [0.2, 0.25) is 0 Å². The fourth-order valence-corrected chi connectivity index (χ4v) is 3.45. The summed E-state index contributed by atoms with van der Waals surface area (Å²) in [6, 6.07) is 5.55. The molecule has 1 atom stereocenters. The molecule has 16 nitrogen and oxygen atoms in total. The van der Waals surface area contributed by atoms with Crippen molar-refractivity contribution >= 4 is 46.3 Å². The zero-order chi connectivity index (χ0) is 27.1. The first-order valence-electron chi connectivity index (χ1n) is 11.7. The minimum absolute atomic E-state index is 0.0330. The summed E-state index contributed by atoms with van der Waals surface area (Å²) >= 11 is 0. The highest BCUT2D eigenvalue weighted by Crippen LogP contribution is 2.15. The van der Waals surface area contributed by atoms with Gasteiger partial charge < -0.3 is 25.8 Å². The number of aromatic nitrogens is 8. The van der Waals surface area contributed by atoms with E-state index >= 15 is 0 Å². The minimum Gasteiger partial charge on any atom is -0.466 e. The maximum Gasteiger partial charge on any atom is 0.328 e. The van der Waals surface area contributed by atoms with Gasteiger partial charge in [0.15, 0.2) is 11.3 Å². The number of hydrogen-bond donors (Lipinski definition) is 3. The van der Waals surface area contributed by atoms with Crippen molar-refractivity contribution in [2.45, 2.75) is 39.3 Å². The third-order valence-electron chi connectivity index (χ3n) is 5.25. The molecule has 3 heterocycles. The van der Waals surface area contributed by atoms with Crippen molar-refractivity contribution in [3.05, 3.63) is 35.7 Å². The van der Waals surface area contributed by atoms with Gasteiger partial charge in [-0.2, -0.15) is 9.50 Å². The molecule has 0 aliphatic carbocycles. The molecule has 0 spiro atoms. The predicted molar refractivity (Wildman–Crippen MR) is 131 cm³/mol. The van der Waals surface area contributed by atoms with Gasteiger partial charge in [0.2, 0.25) is 17.2 Å². The predicted octanol–water partition coefficient (Wildman–Crippen LogP) is 0.0566. The molecule has 0 bridgehead atoms. The molecule has 0 saturated heterocycles. The van der Waals surface area contributed by atoms with Crippen molar-refractivity contribution < 1.29 is 23.9 Å². The lowest BCUT2D eigenvalue weighted by Gasteiger charge is -2.17. The molecule has 198 valence electrons. The summed E-state index contributed by atoms with van der Waals surface area (Å²) in [7, 11) is 0. The maximum atomic E-state index is 12.7. The van der Waals surface area contributed by atoms with E-state index in [-0.39, 0.29) is 44.2 Å². The van der Waals surface area contributed by atoms with E-state index in [2.05, 4.69) is 46.3 Å². The Morgan fingerprint density at radius 2 is 1.79 bits per heavy atom. The first-order chi connectivity index (χ1) is 18.4. The van der Waals surface area contributed by atoms with Crippen molar-refractivity contribution in [2.24, 2.45) is 0 Å². The number of hydrogen-bond acceptors (Lipinski definition) is 14. The number of rotatable bonds is 11. The Balaban J connectivity index is 1.39. The Hall–Kier alpha value is -5.02. The van der Waals surface area contributed by atoms with Crippen LogP contribution in [0.1, 0.15) is 42.9 Å². The fraction of sp³-hybridized carbons (Fsp3) is 0.364. The third kappa shape index (κ3) is 6.03. The topological polar surface area (TPSA) is 214 Å². The maximum absolute atomic E-state index is 12.7. The van der Waals surface area contributed by atoms with Crippen LogP contribution in [0.5, 0.6) is 0 Å². The van der Waals surface area contributed by atoms with E-state index in [1.807, 2.05) is 0 Å². The molecule has 16 heteroatoms. The molecule has 0 aliphatic rings. The Morgan fingerprint density at radius 3 is 2.53 bits per heavy atom. The first-order valence-corrected chi connectivity index (χ1v) is 11.7. The third-order valence-corrected chi connectivity index (χ3v) is 5.25. The lowest BCUT2D eigenvalue weighted by molar-refractivity contribution is -0.146. The van der Waals surface area contributed by atoms with E-state index in [9.17, 15) is 14.4 Å². The highest BCUT2D eigenvalue weighted by atomic mass is 16.5. The zero-order valence-electron chi connectivity index (χ0n) is 20.6. The van der Waals surface area contributed by atoms with Crippen LogP contribution in [-0.4, -0.2) is 77.3 Å². The van der Waals surface area contributed by atoms with E-state index < -0.39 is 23.9 Å². The summed E-state index contributed by atoms with van der Waals surface area (Å²) in [5.74, 6) is -1.14. The quantitative estimate of drug-likeness (QED) is 0.222. The Labute approximate surface area is 215 Å². The first kappa shape index (κ1) is 26.1. The number of nitrogens with zero attached hydrogens (tertiary/aromatic N) is 8. The second kappa shape index (κ2) is 11.8. The molecule has 1 aromatic carbocycles. The van der Waals surface area contributed by atoms with Gasteiger partial charge in [0.1, 0.15) is 6.04 Å². The van der Waals surface area contributed by atoms with Crippen molar-refractivity contribution in [1.29, 1.82) is 0 Å². The Bertz CT molecular complexity index is 1460. The molecule has 0 radical (unpaired) electrons. The van der Waals surface area contributed by atoms with Gasteiger partial charge in [-0.3, -0.25) is 9.59 Å². The summed E-state index contributed by atoms with van der Waals surface area (Å²) in [6.45, 7) is 3.94. The molecule has 3 aromatic heterocycles. The summed E-state index contributed by atoms with van der Waals surface area (Å²) in [5, 5.41) is 25.1. The van der Waals surface area contributed by atoms with E-state index in [4.69, 9.17) is 15.2 Å². The van der Waals surface area contributed by atoms with E-state index in [1.54, 1.807) is 38.1 Å². The lowest BCUT2D eigenvalue weighted by atomic mass is 10.1. The number of ether oxygens (including phenoxy) is 2. The monoisotopic (exact) mass is 523 g/mol. The van der Waals surface area contributed by atoms with Gasteiger partial charge >= 0.3 is 11.9 Å². The Kier molecular flexibility index (Phi) is 8.10. The van der Waals surface area contributed by atoms with Crippen molar-refractivity contribution in [3.8, 4) is 0 Å². The van der Waals surface area contributed by atoms with E-state index in [0.717, 1.165) is 0 Å². The second-order valence-electron chi connectivity index (χ2n) is 7.84. The molecule has 0 saturated carbocycles. The minimum atomic E-state index is -0.987. The number of nitrogen functional groups attached to an aromatic ring is 1. The molecule has 1 amide bonds.